The SMILES string of the molecule is O=[N+]([O-])c1cc(C#CCCl)cc(S(=O)(=O)Cl)c1. The Morgan fingerprint density at radius 2 is 2.00 bits per heavy atom. The summed E-state index contributed by atoms with van der Waals surface area (Å²) in [6.45, 7) is 0. The number of nitro groups is 1. The highest BCUT2D eigenvalue weighted by Crippen LogP contribution is 2.23. The third-order valence-corrected chi connectivity index (χ3v) is 3.15. The van der Waals surface area contributed by atoms with Crippen molar-refractivity contribution >= 4 is 37.0 Å². The third-order valence-electron chi connectivity index (χ3n) is 1.68. The lowest BCUT2D eigenvalue weighted by Crippen LogP contribution is -1.96. The number of rotatable bonds is 2. The largest absolute Gasteiger partial charge is 0.272 e. The van der Waals surface area contributed by atoms with Crippen molar-refractivity contribution in [3.63, 3.8) is 0 Å². The molecule has 1 aromatic rings. The van der Waals surface area contributed by atoms with E-state index >= 15 is 0 Å². The molecule has 0 spiro atoms. The van der Waals surface area contributed by atoms with Crippen molar-refractivity contribution in [2.75, 3.05) is 5.88 Å². The van der Waals surface area contributed by atoms with Gasteiger partial charge in [-0.15, -0.1) is 11.6 Å². The molecule has 17 heavy (non-hydrogen) atoms. The molecule has 1 aromatic carbocycles. The second-order valence-corrected chi connectivity index (χ2v) is 5.68. The van der Waals surface area contributed by atoms with E-state index in [0.29, 0.717) is 0 Å². The highest BCUT2D eigenvalue weighted by Gasteiger charge is 2.16. The molecule has 0 amide bonds. The fraction of sp³-hybridized carbons (Fsp3) is 0.111. The lowest BCUT2D eigenvalue weighted by atomic mass is 10.2. The molecule has 90 valence electrons. The van der Waals surface area contributed by atoms with Gasteiger partial charge in [0, 0.05) is 28.4 Å². The van der Waals surface area contributed by atoms with E-state index in [0.717, 1.165) is 18.2 Å². The van der Waals surface area contributed by atoms with Crippen molar-refractivity contribution in [2.45, 2.75) is 4.90 Å². The first-order valence-electron chi connectivity index (χ1n) is 4.13. The van der Waals surface area contributed by atoms with E-state index < -0.39 is 19.7 Å². The normalized spacial score (nSPS) is 10.5. The number of alkyl halides is 1. The summed E-state index contributed by atoms with van der Waals surface area (Å²) >= 11 is 5.33. The van der Waals surface area contributed by atoms with E-state index in [1.54, 1.807) is 0 Å². The second-order valence-electron chi connectivity index (χ2n) is 2.85. The topological polar surface area (TPSA) is 77.3 Å². The fourth-order valence-electron chi connectivity index (χ4n) is 1.04. The molecule has 0 saturated heterocycles. The van der Waals surface area contributed by atoms with Crippen LogP contribution in [0, 0.1) is 22.0 Å². The average Bonchev–Trinajstić information content (AvgIpc) is 2.24. The molecule has 0 saturated carbocycles. The molecule has 0 fully saturated rings. The summed E-state index contributed by atoms with van der Waals surface area (Å²) in [6, 6.07) is 3.16. The van der Waals surface area contributed by atoms with Gasteiger partial charge in [-0.3, -0.25) is 10.1 Å². The molecule has 0 aliphatic carbocycles. The minimum absolute atomic E-state index is 0.0334. The van der Waals surface area contributed by atoms with E-state index in [9.17, 15) is 18.5 Å². The van der Waals surface area contributed by atoms with Gasteiger partial charge < -0.3 is 0 Å². The van der Waals surface area contributed by atoms with Crippen molar-refractivity contribution in [1.82, 2.24) is 0 Å². The Labute approximate surface area is 107 Å². The summed E-state index contributed by atoms with van der Waals surface area (Å²) in [4.78, 5) is 9.51. The summed E-state index contributed by atoms with van der Waals surface area (Å²) < 4.78 is 22.2. The Morgan fingerprint density at radius 1 is 1.35 bits per heavy atom. The smallest absolute Gasteiger partial charge is 0.258 e. The van der Waals surface area contributed by atoms with Crippen molar-refractivity contribution in [3.8, 4) is 11.8 Å². The van der Waals surface area contributed by atoms with Crippen LogP contribution >= 0.6 is 22.3 Å². The zero-order valence-corrected chi connectivity index (χ0v) is 10.5. The minimum Gasteiger partial charge on any atom is -0.258 e. The van der Waals surface area contributed by atoms with Crippen LogP contribution in [0.3, 0.4) is 0 Å². The highest BCUT2D eigenvalue weighted by atomic mass is 35.7. The summed E-state index contributed by atoms with van der Waals surface area (Å²) in [5.41, 5.74) is -0.232. The lowest BCUT2D eigenvalue weighted by Gasteiger charge is -1.98. The summed E-state index contributed by atoms with van der Waals surface area (Å²) in [5, 5.41) is 10.6. The van der Waals surface area contributed by atoms with Gasteiger partial charge in [-0.25, -0.2) is 8.42 Å². The van der Waals surface area contributed by atoms with Crippen LogP contribution < -0.4 is 0 Å². The van der Waals surface area contributed by atoms with Crippen molar-refractivity contribution in [1.29, 1.82) is 0 Å². The van der Waals surface area contributed by atoms with Gasteiger partial charge in [-0.05, 0) is 6.07 Å². The van der Waals surface area contributed by atoms with E-state index in [-0.39, 0.29) is 16.3 Å². The lowest BCUT2D eigenvalue weighted by molar-refractivity contribution is -0.385. The van der Waals surface area contributed by atoms with E-state index in [1.807, 2.05) is 0 Å². The van der Waals surface area contributed by atoms with Crippen LogP contribution in [-0.4, -0.2) is 19.2 Å². The predicted molar refractivity (Wildman–Crippen MR) is 63.7 cm³/mol. The first kappa shape index (κ1) is 13.8. The van der Waals surface area contributed by atoms with Gasteiger partial charge in [0.25, 0.3) is 14.7 Å². The van der Waals surface area contributed by atoms with E-state index in [1.165, 1.54) is 0 Å². The molecule has 0 aliphatic heterocycles. The third kappa shape index (κ3) is 3.89. The molecule has 0 bridgehead atoms. The zero-order chi connectivity index (χ0) is 13.1. The standard InChI is InChI=1S/C9H5Cl2NO4S/c10-3-1-2-7-4-8(12(13)14)6-9(5-7)17(11,15)16/h4-6H,3H2. The van der Waals surface area contributed by atoms with Crippen LogP contribution in [0.15, 0.2) is 23.1 Å². The average molecular weight is 294 g/mol. The fourth-order valence-corrected chi connectivity index (χ4v) is 1.90. The van der Waals surface area contributed by atoms with Crippen LogP contribution in [0.4, 0.5) is 5.69 Å². The maximum absolute atomic E-state index is 11.1. The molecule has 0 atom stereocenters. The first-order chi connectivity index (χ1) is 7.84. The Kier molecular flexibility index (Phi) is 4.34. The molecule has 0 radical (unpaired) electrons. The van der Waals surface area contributed by atoms with Crippen molar-refractivity contribution in [2.24, 2.45) is 0 Å². The maximum atomic E-state index is 11.1. The van der Waals surface area contributed by atoms with Gasteiger partial charge in [0.1, 0.15) is 0 Å². The number of nitro benzene ring substituents is 1. The number of nitrogens with zero attached hydrogens (tertiary/aromatic N) is 1. The molecule has 0 heterocycles. The summed E-state index contributed by atoms with van der Waals surface area (Å²) in [6.07, 6.45) is 0. The molecule has 5 nitrogen and oxygen atoms in total. The van der Waals surface area contributed by atoms with Gasteiger partial charge >= 0.3 is 0 Å². The number of halogens is 2. The number of non-ortho nitro benzene ring substituents is 1. The summed E-state index contributed by atoms with van der Waals surface area (Å²) in [5.74, 6) is 4.99. The first-order valence-corrected chi connectivity index (χ1v) is 6.98. The quantitative estimate of drug-likeness (QED) is 0.275. The van der Waals surface area contributed by atoms with Gasteiger partial charge in [-0.2, -0.15) is 0 Å². The molecule has 1 rings (SSSR count). The van der Waals surface area contributed by atoms with Gasteiger partial charge in [-0.1, -0.05) is 11.8 Å². The van der Waals surface area contributed by atoms with E-state index in [2.05, 4.69) is 11.8 Å². The van der Waals surface area contributed by atoms with E-state index in [4.69, 9.17) is 22.3 Å². The molecule has 0 N–H and O–H groups in total. The van der Waals surface area contributed by atoms with Crippen LogP contribution in [0.25, 0.3) is 0 Å². The second kappa shape index (κ2) is 5.36. The molecule has 0 unspecified atom stereocenters. The maximum Gasteiger partial charge on any atom is 0.272 e. The Balaban J connectivity index is 3.44. The monoisotopic (exact) mass is 293 g/mol. The predicted octanol–water partition coefficient (Wildman–Crippen LogP) is 2.11. The highest BCUT2D eigenvalue weighted by molar-refractivity contribution is 8.13. The molecule has 8 heteroatoms. The number of benzene rings is 1. The molecule has 0 aromatic heterocycles. The van der Waals surface area contributed by atoms with Crippen LogP contribution in [-0.2, 0) is 9.05 Å². The van der Waals surface area contributed by atoms with Gasteiger partial charge in [0.05, 0.1) is 15.7 Å². The van der Waals surface area contributed by atoms with Crippen LogP contribution in [0.2, 0.25) is 0 Å². The minimum atomic E-state index is -4.04. The van der Waals surface area contributed by atoms with Gasteiger partial charge in [0.15, 0.2) is 0 Å². The molecular formula is C9H5Cl2NO4S. The number of hydrogen-bond donors (Lipinski definition) is 0. The van der Waals surface area contributed by atoms with Crippen LogP contribution in [0.1, 0.15) is 5.56 Å². The van der Waals surface area contributed by atoms with Crippen molar-refractivity contribution < 1.29 is 13.3 Å². The van der Waals surface area contributed by atoms with Gasteiger partial charge in [0.2, 0.25) is 0 Å². The molecule has 0 aliphatic rings. The zero-order valence-electron chi connectivity index (χ0n) is 8.18. The Morgan fingerprint density at radius 3 is 2.47 bits per heavy atom. The Bertz CT molecular complexity index is 616. The number of hydrogen-bond acceptors (Lipinski definition) is 4. The Hall–Kier alpha value is -1.29. The van der Waals surface area contributed by atoms with Crippen LogP contribution in [0.5, 0.6) is 0 Å². The summed E-state index contributed by atoms with van der Waals surface area (Å²) in [7, 11) is 1.08. The van der Waals surface area contributed by atoms with Crippen molar-refractivity contribution in [3.05, 3.63) is 33.9 Å². The molecular weight excluding hydrogens is 289 g/mol.